The molecule has 2 rings (SSSR count). The topological polar surface area (TPSA) is 78.7 Å². The number of benzene rings is 2. The molecule has 0 atom stereocenters. The molecule has 0 heterocycles. The molecule has 2 aromatic carbocycles. The average Bonchev–Trinajstić information content (AvgIpc) is 2.49. The molecule has 21 heavy (non-hydrogen) atoms. The molecule has 0 saturated heterocycles. The van der Waals surface area contributed by atoms with Crippen molar-refractivity contribution in [2.45, 2.75) is 0 Å². The minimum Gasteiger partial charge on any atom is -0.490 e. The number of nitrogens with zero attached hydrogens (tertiary/aromatic N) is 1. The Balaban J connectivity index is 2.33. The van der Waals surface area contributed by atoms with E-state index in [1.54, 1.807) is 0 Å². The molecule has 0 aliphatic carbocycles. The number of aldehydes is 1. The number of rotatable bonds is 5. The van der Waals surface area contributed by atoms with Gasteiger partial charge in [0.15, 0.2) is 17.3 Å². The second-order valence-electron chi connectivity index (χ2n) is 4.00. The molecule has 0 amide bonds. The largest absolute Gasteiger partial charge is 0.490 e. The van der Waals surface area contributed by atoms with Crippen LogP contribution in [0.4, 0.5) is 10.1 Å². The maximum absolute atomic E-state index is 13.7. The van der Waals surface area contributed by atoms with Crippen LogP contribution in [-0.4, -0.2) is 18.3 Å². The lowest BCUT2D eigenvalue weighted by Crippen LogP contribution is -1.95. The summed E-state index contributed by atoms with van der Waals surface area (Å²) in [6, 6.07) is 7.56. The molecule has 0 aliphatic rings. The highest BCUT2D eigenvalue weighted by Crippen LogP contribution is 2.33. The zero-order chi connectivity index (χ0) is 15.4. The Morgan fingerprint density at radius 1 is 1.19 bits per heavy atom. The highest BCUT2D eigenvalue weighted by atomic mass is 19.1. The fraction of sp³-hybridized carbons (Fsp3) is 0.0714. The summed E-state index contributed by atoms with van der Waals surface area (Å²) >= 11 is 0. The minimum absolute atomic E-state index is 0.0733. The molecule has 0 radical (unpaired) electrons. The van der Waals surface area contributed by atoms with Crippen LogP contribution in [0, 0.1) is 15.9 Å². The van der Waals surface area contributed by atoms with Crippen LogP contribution >= 0.6 is 0 Å². The van der Waals surface area contributed by atoms with Gasteiger partial charge in [-0.05, 0) is 30.3 Å². The van der Waals surface area contributed by atoms with E-state index in [0.717, 1.165) is 12.1 Å². The molecule has 0 unspecified atom stereocenters. The first-order valence-corrected chi connectivity index (χ1v) is 5.80. The van der Waals surface area contributed by atoms with E-state index in [2.05, 4.69) is 0 Å². The molecule has 0 aromatic heterocycles. The highest BCUT2D eigenvalue weighted by molar-refractivity contribution is 5.75. The maximum atomic E-state index is 13.7. The van der Waals surface area contributed by atoms with Gasteiger partial charge in [0.25, 0.3) is 0 Å². The Labute approximate surface area is 118 Å². The SMILES string of the molecule is COc1ccc(Oc2ccc(C=O)cc2F)cc1[N+](=O)[O-]. The molecule has 0 aliphatic heterocycles. The van der Waals surface area contributed by atoms with Gasteiger partial charge in [0.05, 0.1) is 18.1 Å². The summed E-state index contributed by atoms with van der Waals surface area (Å²) in [7, 11) is 1.31. The lowest BCUT2D eigenvalue weighted by Gasteiger charge is -2.08. The van der Waals surface area contributed by atoms with Gasteiger partial charge in [-0.1, -0.05) is 0 Å². The number of nitro benzene ring substituents is 1. The van der Waals surface area contributed by atoms with E-state index in [1.165, 1.54) is 31.4 Å². The van der Waals surface area contributed by atoms with Gasteiger partial charge in [-0.3, -0.25) is 14.9 Å². The highest BCUT2D eigenvalue weighted by Gasteiger charge is 2.16. The van der Waals surface area contributed by atoms with E-state index >= 15 is 0 Å². The Bertz CT molecular complexity index is 702. The van der Waals surface area contributed by atoms with Crippen LogP contribution in [0.5, 0.6) is 17.2 Å². The molecule has 108 valence electrons. The van der Waals surface area contributed by atoms with Gasteiger partial charge in [0, 0.05) is 5.56 Å². The molecule has 0 bridgehead atoms. The zero-order valence-electron chi connectivity index (χ0n) is 10.9. The smallest absolute Gasteiger partial charge is 0.314 e. The number of carbonyl (C=O) groups is 1. The monoisotopic (exact) mass is 291 g/mol. The van der Waals surface area contributed by atoms with Crippen molar-refractivity contribution in [3.8, 4) is 17.2 Å². The van der Waals surface area contributed by atoms with Crippen molar-refractivity contribution < 1.29 is 23.6 Å². The van der Waals surface area contributed by atoms with E-state index in [-0.39, 0.29) is 28.5 Å². The summed E-state index contributed by atoms with van der Waals surface area (Å²) in [5.41, 5.74) is -0.125. The average molecular weight is 291 g/mol. The van der Waals surface area contributed by atoms with Crippen LogP contribution in [0.15, 0.2) is 36.4 Å². The van der Waals surface area contributed by atoms with E-state index in [1.807, 2.05) is 0 Å². The van der Waals surface area contributed by atoms with E-state index in [0.29, 0.717) is 6.29 Å². The number of carbonyl (C=O) groups excluding carboxylic acids is 1. The Kier molecular flexibility index (Phi) is 4.13. The Morgan fingerprint density at radius 3 is 2.48 bits per heavy atom. The van der Waals surface area contributed by atoms with Gasteiger partial charge in [-0.2, -0.15) is 0 Å². The molecule has 0 fully saturated rings. The first-order chi connectivity index (χ1) is 10.0. The molecule has 2 aromatic rings. The van der Waals surface area contributed by atoms with Gasteiger partial charge in [-0.25, -0.2) is 4.39 Å². The zero-order valence-corrected chi connectivity index (χ0v) is 10.9. The van der Waals surface area contributed by atoms with Gasteiger partial charge >= 0.3 is 5.69 Å². The first-order valence-electron chi connectivity index (χ1n) is 5.80. The van der Waals surface area contributed by atoms with Gasteiger partial charge in [0.1, 0.15) is 12.0 Å². The lowest BCUT2D eigenvalue weighted by atomic mass is 10.2. The van der Waals surface area contributed by atoms with Crippen LogP contribution < -0.4 is 9.47 Å². The lowest BCUT2D eigenvalue weighted by molar-refractivity contribution is -0.385. The van der Waals surface area contributed by atoms with Gasteiger partial charge < -0.3 is 9.47 Å². The van der Waals surface area contributed by atoms with Crippen molar-refractivity contribution in [1.82, 2.24) is 0 Å². The second kappa shape index (κ2) is 6.00. The predicted molar refractivity (Wildman–Crippen MR) is 71.5 cm³/mol. The molecule has 0 N–H and O–H groups in total. The van der Waals surface area contributed by atoms with Crippen LogP contribution in [0.3, 0.4) is 0 Å². The Hall–Kier alpha value is -2.96. The van der Waals surface area contributed by atoms with Crippen molar-refractivity contribution in [1.29, 1.82) is 0 Å². The van der Waals surface area contributed by atoms with E-state index < -0.39 is 10.7 Å². The van der Waals surface area contributed by atoms with Gasteiger partial charge in [-0.15, -0.1) is 0 Å². The second-order valence-corrected chi connectivity index (χ2v) is 4.00. The van der Waals surface area contributed by atoms with Crippen LogP contribution in [0.2, 0.25) is 0 Å². The number of hydrogen-bond donors (Lipinski definition) is 0. The number of nitro groups is 1. The number of ether oxygens (including phenoxy) is 2. The van der Waals surface area contributed by atoms with Gasteiger partial charge in [0.2, 0.25) is 0 Å². The summed E-state index contributed by atoms with van der Waals surface area (Å²) in [6.07, 6.45) is 0.505. The molecule has 6 nitrogen and oxygen atoms in total. The summed E-state index contributed by atoms with van der Waals surface area (Å²) in [5.74, 6) is -0.720. The predicted octanol–water partition coefficient (Wildman–Crippen LogP) is 3.35. The number of methoxy groups -OCH3 is 1. The van der Waals surface area contributed by atoms with Crippen LogP contribution in [0.25, 0.3) is 0 Å². The number of hydrogen-bond acceptors (Lipinski definition) is 5. The minimum atomic E-state index is -0.738. The molecular weight excluding hydrogens is 281 g/mol. The summed E-state index contributed by atoms with van der Waals surface area (Å²) in [4.78, 5) is 20.8. The third-order valence-corrected chi connectivity index (χ3v) is 2.67. The van der Waals surface area contributed by atoms with Crippen molar-refractivity contribution in [2.75, 3.05) is 7.11 Å². The fourth-order valence-electron chi connectivity index (χ4n) is 1.68. The van der Waals surface area contributed by atoms with E-state index in [9.17, 15) is 19.3 Å². The standard InChI is InChI=1S/C14H10FNO5/c1-20-14-5-3-10(7-12(14)16(18)19)21-13-4-2-9(8-17)6-11(13)15/h2-8H,1H3. The van der Waals surface area contributed by atoms with Crippen molar-refractivity contribution >= 4 is 12.0 Å². The van der Waals surface area contributed by atoms with Crippen molar-refractivity contribution in [3.63, 3.8) is 0 Å². The third-order valence-electron chi connectivity index (χ3n) is 2.67. The molecule has 0 saturated carbocycles. The van der Waals surface area contributed by atoms with E-state index in [4.69, 9.17) is 9.47 Å². The van der Waals surface area contributed by atoms with Crippen molar-refractivity contribution in [2.24, 2.45) is 0 Å². The fourth-order valence-corrected chi connectivity index (χ4v) is 1.68. The van der Waals surface area contributed by atoms with Crippen molar-refractivity contribution in [3.05, 3.63) is 57.9 Å². The first kappa shape index (κ1) is 14.4. The quantitative estimate of drug-likeness (QED) is 0.479. The summed E-state index contributed by atoms with van der Waals surface area (Å²) in [5, 5.41) is 10.9. The molecular formula is C14H10FNO5. The number of halogens is 1. The third kappa shape index (κ3) is 3.14. The molecule has 7 heteroatoms. The molecule has 0 spiro atoms. The maximum Gasteiger partial charge on any atom is 0.314 e. The van der Waals surface area contributed by atoms with Crippen LogP contribution in [-0.2, 0) is 0 Å². The Morgan fingerprint density at radius 2 is 1.90 bits per heavy atom. The summed E-state index contributed by atoms with van der Waals surface area (Å²) < 4.78 is 23.8. The normalized spacial score (nSPS) is 10.0. The summed E-state index contributed by atoms with van der Waals surface area (Å²) in [6.45, 7) is 0. The van der Waals surface area contributed by atoms with Crippen LogP contribution in [0.1, 0.15) is 10.4 Å².